The van der Waals surface area contributed by atoms with Crippen molar-refractivity contribution in [3.8, 4) is 5.75 Å². The van der Waals surface area contributed by atoms with Crippen LogP contribution >= 0.6 is 15.9 Å². The van der Waals surface area contributed by atoms with Crippen LogP contribution < -0.4 is 15.4 Å². The van der Waals surface area contributed by atoms with Crippen molar-refractivity contribution < 1.29 is 9.53 Å². The first-order valence-electron chi connectivity index (χ1n) is 5.70. The van der Waals surface area contributed by atoms with Gasteiger partial charge < -0.3 is 15.4 Å². The fourth-order valence-electron chi connectivity index (χ4n) is 2.34. The summed E-state index contributed by atoms with van der Waals surface area (Å²) in [6.45, 7) is 1.73. The van der Waals surface area contributed by atoms with Gasteiger partial charge in [0.15, 0.2) is 5.72 Å². The number of halogens is 1. The maximum absolute atomic E-state index is 12.0. The van der Waals surface area contributed by atoms with Crippen LogP contribution in [0.25, 0.3) is 0 Å². The number of carbonyl (C=O) groups is 1. The monoisotopic (exact) mass is 296 g/mol. The van der Waals surface area contributed by atoms with Crippen LogP contribution in [0, 0.1) is 0 Å². The Morgan fingerprint density at radius 1 is 1.29 bits per heavy atom. The number of ether oxygens (including phenoxy) is 1. The lowest BCUT2D eigenvalue weighted by Gasteiger charge is -2.41. The Balaban J connectivity index is 1.98. The van der Waals surface area contributed by atoms with Crippen molar-refractivity contribution in [3.63, 3.8) is 0 Å². The molecule has 0 bridgehead atoms. The number of carbonyl (C=O) groups excluding carboxylic acids is 1. The second-order valence-corrected chi connectivity index (χ2v) is 5.36. The highest BCUT2D eigenvalue weighted by molar-refractivity contribution is 9.10. The SMILES string of the molecule is O=C1NC2(CCNCC2)Oc2cc(Br)ccc21. The average Bonchev–Trinajstić information content (AvgIpc) is 2.29. The van der Waals surface area contributed by atoms with Crippen molar-refractivity contribution in [2.75, 3.05) is 13.1 Å². The summed E-state index contributed by atoms with van der Waals surface area (Å²) in [5.41, 5.74) is 0.0909. The van der Waals surface area contributed by atoms with E-state index in [1.807, 2.05) is 12.1 Å². The molecule has 1 saturated heterocycles. The molecule has 4 nitrogen and oxygen atoms in total. The van der Waals surface area contributed by atoms with Gasteiger partial charge in [-0.25, -0.2) is 0 Å². The van der Waals surface area contributed by atoms with Crippen LogP contribution in [0.2, 0.25) is 0 Å². The van der Waals surface area contributed by atoms with Gasteiger partial charge in [-0.15, -0.1) is 0 Å². The Morgan fingerprint density at radius 2 is 2.06 bits per heavy atom. The third-order valence-electron chi connectivity index (χ3n) is 3.25. The summed E-state index contributed by atoms with van der Waals surface area (Å²) in [4.78, 5) is 12.0. The first-order chi connectivity index (χ1) is 8.19. The molecule has 90 valence electrons. The molecule has 0 aromatic heterocycles. The van der Waals surface area contributed by atoms with E-state index < -0.39 is 5.72 Å². The Kier molecular flexibility index (Phi) is 2.60. The van der Waals surface area contributed by atoms with E-state index in [0.29, 0.717) is 11.3 Å². The molecule has 1 spiro atoms. The van der Waals surface area contributed by atoms with E-state index in [2.05, 4.69) is 26.6 Å². The maximum atomic E-state index is 12.0. The van der Waals surface area contributed by atoms with Gasteiger partial charge >= 0.3 is 0 Å². The van der Waals surface area contributed by atoms with Crippen LogP contribution in [-0.4, -0.2) is 24.7 Å². The highest BCUT2D eigenvalue weighted by atomic mass is 79.9. The van der Waals surface area contributed by atoms with Gasteiger partial charge in [-0.1, -0.05) is 15.9 Å². The van der Waals surface area contributed by atoms with E-state index in [1.54, 1.807) is 6.07 Å². The van der Waals surface area contributed by atoms with E-state index >= 15 is 0 Å². The number of fused-ring (bicyclic) bond motifs is 1. The van der Waals surface area contributed by atoms with E-state index in [-0.39, 0.29) is 5.91 Å². The summed E-state index contributed by atoms with van der Waals surface area (Å²) in [7, 11) is 0. The molecule has 5 heteroatoms. The predicted octanol–water partition coefficient (Wildman–Crippen LogP) is 1.65. The van der Waals surface area contributed by atoms with E-state index in [4.69, 9.17) is 4.74 Å². The summed E-state index contributed by atoms with van der Waals surface area (Å²) in [5.74, 6) is 0.630. The summed E-state index contributed by atoms with van der Waals surface area (Å²) >= 11 is 3.40. The van der Waals surface area contributed by atoms with Crippen LogP contribution in [-0.2, 0) is 0 Å². The molecule has 1 aromatic rings. The molecule has 3 rings (SSSR count). The van der Waals surface area contributed by atoms with Crippen molar-refractivity contribution >= 4 is 21.8 Å². The fourth-order valence-corrected chi connectivity index (χ4v) is 2.68. The molecule has 2 N–H and O–H groups in total. The molecule has 17 heavy (non-hydrogen) atoms. The van der Waals surface area contributed by atoms with Gasteiger partial charge in [0.2, 0.25) is 0 Å². The van der Waals surface area contributed by atoms with Gasteiger partial charge in [0.25, 0.3) is 5.91 Å². The number of hydrogen-bond acceptors (Lipinski definition) is 3. The van der Waals surface area contributed by atoms with Gasteiger partial charge in [0.05, 0.1) is 5.56 Å². The second-order valence-electron chi connectivity index (χ2n) is 4.44. The summed E-state index contributed by atoms with van der Waals surface area (Å²) in [6, 6.07) is 5.49. The molecule has 1 amide bonds. The maximum Gasteiger partial charge on any atom is 0.258 e. The van der Waals surface area contributed by atoms with Gasteiger partial charge in [-0.2, -0.15) is 0 Å². The molecule has 0 radical (unpaired) electrons. The van der Waals surface area contributed by atoms with Crippen molar-refractivity contribution in [2.45, 2.75) is 18.6 Å². The Morgan fingerprint density at radius 3 is 2.82 bits per heavy atom. The quantitative estimate of drug-likeness (QED) is 0.765. The Hall–Kier alpha value is -1.07. The molecule has 2 aliphatic rings. The zero-order chi connectivity index (χ0) is 11.9. The third kappa shape index (κ3) is 1.93. The first kappa shape index (κ1) is 11.0. The number of rotatable bonds is 0. The molecule has 1 fully saturated rings. The lowest BCUT2D eigenvalue weighted by Crippen LogP contribution is -2.60. The molecule has 2 heterocycles. The molecule has 0 unspecified atom stereocenters. The van der Waals surface area contributed by atoms with Crippen LogP contribution in [0.3, 0.4) is 0 Å². The first-order valence-corrected chi connectivity index (χ1v) is 6.50. The number of amides is 1. The number of benzene rings is 1. The van der Waals surface area contributed by atoms with E-state index in [9.17, 15) is 4.79 Å². The normalized spacial score (nSPS) is 21.6. The molecule has 0 saturated carbocycles. The third-order valence-corrected chi connectivity index (χ3v) is 3.74. The highest BCUT2D eigenvalue weighted by Gasteiger charge is 2.40. The predicted molar refractivity (Wildman–Crippen MR) is 67.1 cm³/mol. The van der Waals surface area contributed by atoms with Gasteiger partial charge in [-0.3, -0.25) is 4.79 Å². The Labute approximate surface area is 108 Å². The zero-order valence-corrected chi connectivity index (χ0v) is 10.8. The summed E-state index contributed by atoms with van der Waals surface area (Å²) < 4.78 is 6.94. The smallest absolute Gasteiger partial charge is 0.258 e. The largest absolute Gasteiger partial charge is 0.467 e. The number of piperidine rings is 1. The number of hydrogen-bond donors (Lipinski definition) is 2. The minimum Gasteiger partial charge on any atom is -0.467 e. The fraction of sp³-hybridized carbons (Fsp3) is 0.417. The molecular formula is C12H13BrN2O2. The lowest BCUT2D eigenvalue weighted by molar-refractivity contribution is -0.00356. The van der Waals surface area contributed by atoms with Crippen LogP contribution in [0.15, 0.2) is 22.7 Å². The van der Waals surface area contributed by atoms with Crippen LogP contribution in [0.5, 0.6) is 5.75 Å². The molecule has 0 aliphatic carbocycles. The molecule has 1 aromatic carbocycles. The topological polar surface area (TPSA) is 50.4 Å². The molecule has 0 atom stereocenters. The lowest BCUT2D eigenvalue weighted by atomic mass is 9.98. The number of nitrogens with one attached hydrogen (secondary N) is 2. The van der Waals surface area contributed by atoms with Gasteiger partial charge in [-0.05, 0) is 18.2 Å². The minimum atomic E-state index is -0.518. The second kappa shape index (κ2) is 3.99. The Bertz CT molecular complexity index is 470. The van der Waals surface area contributed by atoms with Gasteiger partial charge in [0, 0.05) is 30.4 Å². The summed E-state index contributed by atoms with van der Waals surface area (Å²) in [5, 5.41) is 6.26. The van der Waals surface area contributed by atoms with Crippen molar-refractivity contribution in [1.82, 2.24) is 10.6 Å². The van der Waals surface area contributed by atoms with Crippen LogP contribution in [0.4, 0.5) is 0 Å². The zero-order valence-electron chi connectivity index (χ0n) is 9.25. The highest BCUT2D eigenvalue weighted by Crippen LogP contribution is 2.33. The van der Waals surface area contributed by atoms with E-state index in [1.165, 1.54) is 0 Å². The van der Waals surface area contributed by atoms with E-state index in [0.717, 1.165) is 30.4 Å². The molecular weight excluding hydrogens is 284 g/mol. The van der Waals surface area contributed by atoms with Gasteiger partial charge in [0.1, 0.15) is 5.75 Å². The van der Waals surface area contributed by atoms with Crippen molar-refractivity contribution in [2.24, 2.45) is 0 Å². The average molecular weight is 297 g/mol. The molecule has 2 aliphatic heterocycles. The minimum absolute atomic E-state index is 0.0411. The van der Waals surface area contributed by atoms with Crippen LogP contribution in [0.1, 0.15) is 23.2 Å². The standard InChI is InChI=1S/C12H13BrN2O2/c13-8-1-2-9-10(7-8)17-12(15-11(9)16)3-5-14-6-4-12/h1-2,7,14H,3-6H2,(H,15,16). The van der Waals surface area contributed by atoms with Crippen molar-refractivity contribution in [3.05, 3.63) is 28.2 Å². The summed E-state index contributed by atoms with van der Waals surface area (Å²) in [6.07, 6.45) is 1.59. The van der Waals surface area contributed by atoms with Crippen molar-refractivity contribution in [1.29, 1.82) is 0 Å².